The van der Waals surface area contributed by atoms with Gasteiger partial charge in [-0.1, -0.05) is 0 Å². The molecule has 0 radical (unpaired) electrons. The van der Waals surface area contributed by atoms with Gasteiger partial charge in [0, 0.05) is 18.2 Å². The van der Waals surface area contributed by atoms with Gasteiger partial charge in [-0.05, 0) is 35.4 Å². The fourth-order valence-corrected chi connectivity index (χ4v) is 4.25. The van der Waals surface area contributed by atoms with Crippen molar-refractivity contribution in [3.63, 3.8) is 0 Å². The Labute approximate surface area is 129 Å². The summed E-state index contributed by atoms with van der Waals surface area (Å²) >= 11 is 1.67. The van der Waals surface area contributed by atoms with Crippen molar-refractivity contribution in [3.05, 3.63) is 31.6 Å². The highest BCUT2D eigenvalue weighted by Gasteiger charge is 2.27. The predicted octanol–water partition coefficient (Wildman–Crippen LogP) is 2.33. The van der Waals surface area contributed by atoms with Gasteiger partial charge in [-0.25, -0.2) is 12.8 Å². The first kappa shape index (κ1) is 15.4. The molecule has 1 aromatic carbocycles. The first-order valence-electron chi connectivity index (χ1n) is 5.89. The maximum Gasteiger partial charge on any atom is 0.293 e. The van der Waals surface area contributed by atoms with Crippen molar-refractivity contribution in [2.75, 3.05) is 16.8 Å². The second-order valence-corrected chi connectivity index (χ2v) is 8.03. The van der Waals surface area contributed by atoms with Crippen LogP contribution in [0.5, 0.6) is 0 Å². The van der Waals surface area contributed by atoms with E-state index in [2.05, 4.69) is 5.32 Å². The quantitative estimate of drug-likeness (QED) is 0.466. The number of anilines is 1. The SMILES string of the molecule is O=[N+]([O-])c1cc(I)c(F)cc1NC1CCCS(=O)(=O)C1. The van der Waals surface area contributed by atoms with Crippen molar-refractivity contribution in [1.82, 2.24) is 0 Å². The average molecular weight is 414 g/mol. The minimum atomic E-state index is -3.13. The van der Waals surface area contributed by atoms with Gasteiger partial charge in [-0.15, -0.1) is 0 Å². The van der Waals surface area contributed by atoms with Gasteiger partial charge in [-0.2, -0.15) is 0 Å². The molecule has 0 bridgehead atoms. The van der Waals surface area contributed by atoms with E-state index in [4.69, 9.17) is 0 Å². The number of nitrogens with zero attached hydrogens (tertiary/aromatic N) is 1. The van der Waals surface area contributed by atoms with E-state index in [1.54, 1.807) is 22.6 Å². The first-order chi connectivity index (χ1) is 9.28. The molecule has 0 amide bonds. The van der Waals surface area contributed by atoms with E-state index >= 15 is 0 Å². The molecule has 0 aliphatic carbocycles. The van der Waals surface area contributed by atoms with Gasteiger partial charge in [0.25, 0.3) is 5.69 Å². The van der Waals surface area contributed by atoms with Crippen molar-refractivity contribution in [1.29, 1.82) is 0 Å². The molecular formula is C11H12FIN2O4S. The van der Waals surface area contributed by atoms with Crippen LogP contribution in [0.2, 0.25) is 0 Å². The molecule has 9 heteroatoms. The molecule has 0 aromatic heterocycles. The Morgan fingerprint density at radius 1 is 1.45 bits per heavy atom. The molecule has 20 heavy (non-hydrogen) atoms. The lowest BCUT2D eigenvalue weighted by Gasteiger charge is -2.23. The molecule has 110 valence electrons. The Morgan fingerprint density at radius 2 is 2.15 bits per heavy atom. The van der Waals surface area contributed by atoms with Gasteiger partial charge >= 0.3 is 0 Å². The number of benzene rings is 1. The normalized spacial score (nSPS) is 21.4. The zero-order chi connectivity index (χ0) is 14.9. The summed E-state index contributed by atoms with van der Waals surface area (Å²) in [5, 5.41) is 13.8. The van der Waals surface area contributed by atoms with Crippen LogP contribution in [0.1, 0.15) is 12.8 Å². The Bertz CT molecular complexity index is 650. The van der Waals surface area contributed by atoms with Crippen LogP contribution in [0.4, 0.5) is 15.8 Å². The molecular weight excluding hydrogens is 402 g/mol. The molecule has 2 rings (SSSR count). The third kappa shape index (κ3) is 3.57. The van der Waals surface area contributed by atoms with E-state index in [9.17, 15) is 22.9 Å². The monoisotopic (exact) mass is 414 g/mol. The van der Waals surface area contributed by atoms with Crippen LogP contribution in [-0.2, 0) is 9.84 Å². The van der Waals surface area contributed by atoms with E-state index in [-0.39, 0.29) is 26.5 Å². The summed E-state index contributed by atoms with van der Waals surface area (Å²) in [5.74, 6) is -0.524. The van der Waals surface area contributed by atoms with Crippen molar-refractivity contribution in [2.24, 2.45) is 0 Å². The van der Waals surface area contributed by atoms with Gasteiger partial charge in [-0.3, -0.25) is 10.1 Å². The zero-order valence-corrected chi connectivity index (χ0v) is 13.3. The second kappa shape index (κ2) is 5.80. The zero-order valence-electron chi connectivity index (χ0n) is 10.3. The number of hydrogen-bond acceptors (Lipinski definition) is 5. The van der Waals surface area contributed by atoms with Gasteiger partial charge in [0.1, 0.15) is 11.5 Å². The minimum Gasteiger partial charge on any atom is -0.376 e. The smallest absolute Gasteiger partial charge is 0.293 e. The highest BCUT2D eigenvalue weighted by Crippen LogP contribution is 2.30. The molecule has 1 saturated heterocycles. The summed E-state index contributed by atoms with van der Waals surface area (Å²) in [4.78, 5) is 10.4. The Morgan fingerprint density at radius 3 is 2.75 bits per heavy atom. The van der Waals surface area contributed by atoms with E-state index in [1.165, 1.54) is 0 Å². The van der Waals surface area contributed by atoms with Crippen LogP contribution in [0.15, 0.2) is 12.1 Å². The molecule has 1 atom stereocenters. The highest BCUT2D eigenvalue weighted by molar-refractivity contribution is 14.1. The Balaban J connectivity index is 2.29. The number of nitro benzene ring substituents is 1. The van der Waals surface area contributed by atoms with E-state index < -0.39 is 26.6 Å². The molecule has 1 aliphatic rings. The van der Waals surface area contributed by atoms with Gasteiger partial charge in [0.2, 0.25) is 0 Å². The lowest BCUT2D eigenvalue weighted by atomic mass is 10.1. The highest BCUT2D eigenvalue weighted by atomic mass is 127. The van der Waals surface area contributed by atoms with Crippen molar-refractivity contribution in [3.8, 4) is 0 Å². The Hall–Kier alpha value is -0.970. The van der Waals surface area contributed by atoms with Crippen molar-refractivity contribution in [2.45, 2.75) is 18.9 Å². The lowest BCUT2D eigenvalue weighted by molar-refractivity contribution is -0.384. The number of rotatable bonds is 3. The summed E-state index contributed by atoms with van der Waals surface area (Å²) in [6, 6.07) is 1.75. The maximum absolute atomic E-state index is 13.5. The molecule has 1 heterocycles. The third-order valence-electron chi connectivity index (χ3n) is 3.06. The number of halogens is 2. The number of sulfone groups is 1. The van der Waals surface area contributed by atoms with Crippen LogP contribution in [0, 0.1) is 19.5 Å². The Kier molecular flexibility index (Phi) is 4.47. The minimum absolute atomic E-state index is 0.0232. The van der Waals surface area contributed by atoms with Crippen LogP contribution in [-0.4, -0.2) is 30.9 Å². The largest absolute Gasteiger partial charge is 0.376 e. The van der Waals surface area contributed by atoms with Crippen LogP contribution in [0.3, 0.4) is 0 Å². The lowest BCUT2D eigenvalue weighted by Crippen LogP contribution is -2.35. The maximum atomic E-state index is 13.5. The van der Waals surface area contributed by atoms with Crippen LogP contribution < -0.4 is 5.32 Å². The molecule has 6 nitrogen and oxygen atoms in total. The average Bonchev–Trinajstić information content (AvgIpc) is 2.32. The number of hydrogen-bond donors (Lipinski definition) is 1. The predicted molar refractivity (Wildman–Crippen MR) is 81.1 cm³/mol. The van der Waals surface area contributed by atoms with Crippen molar-refractivity contribution < 1.29 is 17.7 Å². The third-order valence-corrected chi connectivity index (χ3v) is 5.71. The van der Waals surface area contributed by atoms with Crippen LogP contribution >= 0.6 is 22.6 Å². The fraction of sp³-hybridized carbons (Fsp3) is 0.455. The van der Waals surface area contributed by atoms with Gasteiger partial charge in [0.15, 0.2) is 9.84 Å². The summed E-state index contributed by atoms with van der Waals surface area (Å²) in [6.45, 7) is 0. The second-order valence-electron chi connectivity index (χ2n) is 4.64. The van der Waals surface area contributed by atoms with E-state index in [1.807, 2.05) is 0 Å². The molecule has 0 spiro atoms. The van der Waals surface area contributed by atoms with Gasteiger partial charge in [0.05, 0.1) is 20.0 Å². The fourth-order valence-electron chi connectivity index (χ4n) is 2.16. The first-order valence-corrected chi connectivity index (χ1v) is 8.79. The standard InChI is InChI=1S/C11H12FIN2O4S/c12-8-4-10(11(15(16)17)5-9(8)13)14-7-2-1-3-20(18,19)6-7/h4-5,7,14H,1-3,6H2. The van der Waals surface area contributed by atoms with E-state index in [0.29, 0.717) is 12.8 Å². The summed E-state index contributed by atoms with van der Waals surface area (Å²) in [6.07, 6.45) is 1.09. The molecule has 1 fully saturated rings. The molecule has 1 unspecified atom stereocenters. The summed E-state index contributed by atoms with van der Waals surface area (Å²) in [7, 11) is -3.13. The number of nitro groups is 1. The summed E-state index contributed by atoms with van der Waals surface area (Å²) < 4.78 is 36.8. The molecule has 1 aliphatic heterocycles. The summed E-state index contributed by atoms with van der Waals surface area (Å²) in [5.41, 5.74) is -0.228. The van der Waals surface area contributed by atoms with Crippen LogP contribution in [0.25, 0.3) is 0 Å². The van der Waals surface area contributed by atoms with Crippen molar-refractivity contribution >= 4 is 43.8 Å². The molecule has 1 N–H and O–H groups in total. The molecule has 0 saturated carbocycles. The topological polar surface area (TPSA) is 89.3 Å². The van der Waals surface area contributed by atoms with Gasteiger partial charge < -0.3 is 5.32 Å². The van der Waals surface area contributed by atoms with E-state index in [0.717, 1.165) is 12.1 Å². The molecule has 1 aromatic rings. The number of nitrogens with one attached hydrogen (secondary N) is 1.